The summed E-state index contributed by atoms with van der Waals surface area (Å²) in [5, 5.41) is 9.51. The molecule has 0 spiro atoms. The summed E-state index contributed by atoms with van der Waals surface area (Å²) < 4.78 is 6.78. The van der Waals surface area contributed by atoms with Crippen LogP contribution in [-0.2, 0) is 6.42 Å². The van der Waals surface area contributed by atoms with Crippen molar-refractivity contribution in [2.45, 2.75) is 40.0 Å². The van der Waals surface area contributed by atoms with Crippen LogP contribution in [0.3, 0.4) is 0 Å². The Morgan fingerprint density at radius 1 is 1.17 bits per heavy atom. The van der Waals surface area contributed by atoms with E-state index >= 15 is 0 Å². The van der Waals surface area contributed by atoms with Gasteiger partial charge < -0.3 is 9.84 Å². The van der Waals surface area contributed by atoms with E-state index in [1.165, 1.54) is 26.7 Å². The summed E-state index contributed by atoms with van der Waals surface area (Å²) >= 11 is 3.68. The maximum absolute atomic E-state index is 9.51. The molecule has 1 fully saturated rings. The second-order valence-corrected chi connectivity index (χ2v) is 6.33. The van der Waals surface area contributed by atoms with E-state index in [1.54, 1.807) is 7.11 Å². The number of hydrogen-bond donors (Lipinski definition) is 1. The van der Waals surface area contributed by atoms with Gasteiger partial charge in [0.25, 0.3) is 0 Å². The van der Waals surface area contributed by atoms with Crippen molar-refractivity contribution in [2.75, 3.05) is 13.7 Å². The van der Waals surface area contributed by atoms with Crippen molar-refractivity contribution in [3.8, 4) is 5.75 Å². The molecule has 2 rings (SSSR count). The maximum atomic E-state index is 9.51. The number of rotatable bonds is 4. The molecule has 18 heavy (non-hydrogen) atoms. The third-order valence-electron chi connectivity index (χ3n) is 4.34. The van der Waals surface area contributed by atoms with E-state index in [0.717, 1.165) is 25.0 Å². The second kappa shape index (κ2) is 4.86. The molecular formula is C15H21BrO2. The average Bonchev–Trinajstić information content (AvgIpc) is 3.14. The van der Waals surface area contributed by atoms with Crippen LogP contribution < -0.4 is 4.74 Å². The van der Waals surface area contributed by atoms with Gasteiger partial charge in [-0.2, -0.15) is 0 Å². The SMILES string of the molecule is COc1c(C)c(C)c(Br)c(C)c1CC1(CO)CC1. The molecule has 1 saturated carbocycles. The highest BCUT2D eigenvalue weighted by Gasteiger charge is 2.43. The molecule has 3 heteroatoms. The van der Waals surface area contributed by atoms with E-state index in [9.17, 15) is 5.11 Å². The smallest absolute Gasteiger partial charge is 0.125 e. The Balaban J connectivity index is 2.51. The standard InChI is InChI=1S/C15H21BrO2/c1-9-10(2)14(18-4)12(11(3)13(9)16)7-15(8-17)5-6-15/h17H,5-8H2,1-4H3. The molecule has 0 amide bonds. The topological polar surface area (TPSA) is 29.5 Å². The van der Waals surface area contributed by atoms with Gasteiger partial charge in [-0.15, -0.1) is 0 Å². The lowest BCUT2D eigenvalue weighted by Crippen LogP contribution is -2.13. The summed E-state index contributed by atoms with van der Waals surface area (Å²) in [6.45, 7) is 6.61. The maximum Gasteiger partial charge on any atom is 0.125 e. The average molecular weight is 313 g/mol. The first-order valence-electron chi connectivity index (χ1n) is 6.39. The zero-order chi connectivity index (χ0) is 13.5. The second-order valence-electron chi connectivity index (χ2n) is 5.54. The van der Waals surface area contributed by atoms with Crippen LogP contribution >= 0.6 is 15.9 Å². The molecule has 2 nitrogen and oxygen atoms in total. The molecule has 0 atom stereocenters. The van der Waals surface area contributed by atoms with Gasteiger partial charge in [-0.25, -0.2) is 0 Å². The zero-order valence-corrected chi connectivity index (χ0v) is 13.1. The number of ether oxygens (including phenoxy) is 1. The lowest BCUT2D eigenvalue weighted by atomic mass is 9.90. The Kier molecular flexibility index (Phi) is 3.75. The highest BCUT2D eigenvalue weighted by atomic mass is 79.9. The Morgan fingerprint density at radius 3 is 2.22 bits per heavy atom. The fourth-order valence-corrected chi connectivity index (χ4v) is 3.11. The summed E-state index contributed by atoms with van der Waals surface area (Å²) in [5.74, 6) is 0.993. The summed E-state index contributed by atoms with van der Waals surface area (Å²) in [5.41, 5.74) is 5.04. The summed E-state index contributed by atoms with van der Waals surface area (Å²) in [6, 6.07) is 0. The van der Waals surface area contributed by atoms with E-state index in [2.05, 4.69) is 36.7 Å². The Bertz CT molecular complexity index is 476. The van der Waals surface area contributed by atoms with Gasteiger partial charge >= 0.3 is 0 Å². The third kappa shape index (κ3) is 2.19. The van der Waals surface area contributed by atoms with Crippen LogP contribution in [0.2, 0.25) is 0 Å². The first-order chi connectivity index (χ1) is 8.45. The van der Waals surface area contributed by atoms with Gasteiger partial charge in [0.05, 0.1) is 7.11 Å². The van der Waals surface area contributed by atoms with Gasteiger partial charge in [-0.3, -0.25) is 0 Å². The Hall–Kier alpha value is -0.540. The Labute approximate surface area is 117 Å². The number of benzene rings is 1. The van der Waals surface area contributed by atoms with Crippen LogP contribution in [0.1, 0.15) is 35.1 Å². The predicted molar refractivity (Wildman–Crippen MR) is 77.4 cm³/mol. The minimum absolute atomic E-state index is 0.110. The first-order valence-corrected chi connectivity index (χ1v) is 7.18. The third-order valence-corrected chi connectivity index (χ3v) is 5.53. The molecule has 1 aliphatic carbocycles. The lowest BCUT2D eigenvalue weighted by molar-refractivity contribution is 0.210. The predicted octanol–water partition coefficient (Wildman–Crippen LogP) is 3.70. The van der Waals surface area contributed by atoms with Crippen LogP contribution in [0.4, 0.5) is 0 Å². The van der Waals surface area contributed by atoms with Gasteiger partial charge in [-0.05, 0) is 67.7 Å². The van der Waals surface area contributed by atoms with Crippen LogP contribution in [0.5, 0.6) is 5.75 Å². The molecule has 0 bridgehead atoms. The van der Waals surface area contributed by atoms with Crippen LogP contribution in [0, 0.1) is 26.2 Å². The van der Waals surface area contributed by atoms with Crippen molar-refractivity contribution in [2.24, 2.45) is 5.41 Å². The number of aliphatic hydroxyl groups is 1. The number of hydrogen-bond acceptors (Lipinski definition) is 2. The molecule has 1 aromatic rings. The van der Waals surface area contributed by atoms with Crippen molar-refractivity contribution >= 4 is 15.9 Å². The van der Waals surface area contributed by atoms with E-state index in [1.807, 2.05) is 0 Å². The number of methoxy groups -OCH3 is 1. The van der Waals surface area contributed by atoms with Crippen molar-refractivity contribution < 1.29 is 9.84 Å². The van der Waals surface area contributed by atoms with Crippen molar-refractivity contribution in [3.63, 3.8) is 0 Å². The zero-order valence-electron chi connectivity index (χ0n) is 11.6. The first kappa shape index (κ1) is 13.9. The highest BCUT2D eigenvalue weighted by molar-refractivity contribution is 9.10. The normalized spacial score (nSPS) is 16.8. The molecule has 0 aliphatic heterocycles. The molecule has 1 N–H and O–H groups in total. The van der Waals surface area contributed by atoms with Gasteiger partial charge in [0, 0.05) is 11.1 Å². The van der Waals surface area contributed by atoms with E-state index in [0.29, 0.717) is 0 Å². The fraction of sp³-hybridized carbons (Fsp3) is 0.600. The van der Waals surface area contributed by atoms with E-state index in [-0.39, 0.29) is 12.0 Å². The minimum atomic E-state index is 0.110. The molecule has 0 aromatic heterocycles. The molecule has 0 saturated heterocycles. The van der Waals surface area contributed by atoms with E-state index < -0.39 is 0 Å². The van der Waals surface area contributed by atoms with Crippen molar-refractivity contribution in [1.82, 2.24) is 0 Å². The van der Waals surface area contributed by atoms with Crippen LogP contribution in [0.15, 0.2) is 4.47 Å². The fourth-order valence-electron chi connectivity index (χ4n) is 2.58. The molecule has 1 aromatic carbocycles. The molecule has 0 radical (unpaired) electrons. The monoisotopic (exact) mass is 312 g/mol. The van der Waals surface area contributed by atoms with Crippen molar-refractivity contribution in [3.05, 3.63) is 26.7 Å². The van der Waals surface area contributed by atoms with Crippen molar-refractivity contribution in [1.29, 1.82) is 0 Å². The van der Waals surface area contributed by atoms with E-state index in [4.69, 9.17) is 4.74 Å². The summed E-state index contributed by atoms with van der Waals surface area (Å²) in [4.78, 5) is 0. The van der Waals surface area contributed by atoms with Gasteiger partial charge in [-0.1, -0.05) is 15.9 Å². The van der Waals surface area contributed by atoms with Crippen LogP contribution in [-0.4, -0.2) is 18.8 Å². The number of aliphatic hydroxyl groups excluding tert-OH is 1. The summed E-state index contributed by atoms with van der Waals surface area (Å²) in [7, 11) is 1.73. The lowest BCUT2D eigenvalue weighted by Gasteiger charge is -2.21. The quantitative estimate of drug-likeness (QED) is 0.918. The highest BCUT2D eigenvalue weighted by Crippen LogP contribution is 2.50. The molecule has 100 valence electrons. The summed E-state index contributed by atoms with van der Waals surface area (Å²) in [6.07, 6.45) is 3.16. The largest absolute Gasteiger partial charge is 0.496 e. The van der Waals surface area contributed by atoms with Gasteiger partial charge in [0.2, 0.25) is 0 Å². The molecule has 0 unspecified atom stereocenters. The minimum Gasteiger partial charge on any atom is -0.496 e. The molecular weight excluding hydrogens is 292 g/mol. The van der Waals surface area contributed by atoms with Gasteiger partial charge in [0.15, 0.2) is 0 Å². The molecule has 1 aliphatic rings. The van der Waals surface area contributed by atoms with Crippen LogP contribution in [0.25, 0.3) is 0 Å². The van der Waals surface area contributed by atoms with Gasteiger partial charge in [0.1, 0.15) is 5.75 Å². The Morgan fingerprint density at radius 2 is 1.78 bits per heavy atom. The number of halogens is 1. The molecule has 0 heterocycles.